The van der Waals surface area contributed by atoms with Gasteiger partial charge < -0.3 is 5.32 Å². The molecule has 0 unspecified atom stereocenters. The second-order valence-corrected chi connectivity index (χ2v) is 5.87. The normalized spacial score (nSPS) is 11.2. The van der Waals surface area contributed by atoms with E-state index in [0.717, 1.165) is 0 Å². The van der Waals surface area contributed by atoms with Gasteiger partial charge in [0.25, 0.3) is 5.91 Å². The summed E-state index contributed by atoms with van der Waals surface area (Å²) in [4.78, 5) is 21.0. The minimum absolute atomic E-state index is 0.345. The summed E-state index contributed by atoms with van der Waals surface area (Å²) in [7, 11) is -2.40. The maximum Gasteiger partial charge on any atom is 0.308 e. The van der Waals surface area contributed by atoms with E-state index in [2.05, 4.69) is 0 Å². The predicted octanol–water partition coefficient (Wildman–Crippen LogP) is 0.152. The van der Waals surface area contributed by atoms with E-state index in [1.807, 2.05) is 10.0 Å². The van der Waals surface area contributed by atoms with E-state index in [4.69, 9.17) is 0 Å². The Kier molecular flexibility index (Phi) is 5.27. The van der Waals surface area contributed by atoms with Crippen molar-refractivity contribution in [3.63, 3.8) is 0 Å². The highest BCUT2D eigenvalue weighted by Gasteiger charge is 2.24. The zero-order chi connectivity index (χ0) is 16.2. The van der Waals surface area contributed by atoms with Gasteiger partial charge in [-0.25, -0.2) is 17.5 Å². The number of benzene rings is 1. The third-order valence-corrected chi connectivity index (χ3v) is 3.79. The Labute approximate surface area is 118 Å². The molecule has 1 rings (SSSR count). The first-order chi connectivity index (χ1) is 9.68. The molecule has 0 fully saturated rings. The Hall–Kier alpha value is -2.14. The number of carbonyl (C=O) groups is 1. The fourth-order valence-corrected chi connectivity index (χ4v) is 1.94. The minimum Gasteiger partial charge on any atom is -0.351 e. The zero-order valence-electron chi connectivity index (χ0n) is 10.7. The Bertz CT molecular complexity index is 678. The van der Waals surface area contributed by atoms with Crippen molar-refractivity contribution in [2.75, 3.05) is 19.3 Å². The molecule has 0 radical (unpaired) electrons. The zero-order valence-corrected chi connectivity index (χ0v) is 11.5. The average molecular weight is 323 g/mol. The van der Waals surface area contributed by atoms with Crippen LogP contribution in [0.15, 0.2) is 12.1 Å². The molecule has 0 aromatic heterocycles. The van der Waals surface area contributed by atoms with E-state index in [0.29, 0.717) is 12.1 Å². The molecule has 0 saturated heterocycles. The van der Waals surface area contributed by atoms with Crippen LogP contribution in [0.2, 0.25) is 0 Å². The number of hydrogen-bond acceptors (Lipinski definition) is 5. The molecule has 21 heavy (non-hydrogen) atoms. The van der Waals surface area contributed by atoms with Gasteiger partial charge in [-0.15, -0.1) is 0 Å². The van der Waals surface area contributed by atoms with Crippen molar-refractivity contribution in [1.29, 1.82) is 0 Å². The van der Waals surface area contributed by atoms with Gasteiger partial charge in [0.1, 0.15) is 5.82 Å². The van der Waals surface area contributed by atoms with Gasteiger partial charge in [0, 0.05) is 6.54 Å². The van der Waals surface area contributed by atoms with Crippen molar-refractivity contribution >= 4 is 21.6 Å². The number of nitro benzene ring substituents is 1. The molecule has 2 N–H and O–H groups in total. The topological polar surface area (TPSA) is 118 Å². The van der Waals surface area contributed by atoms with Crippen LogP contribution in [-0.4, -0.2) is 38.6 Å². The first kappa shape index (κ1) is 16.9. The Balaban J connectivity index is 2.91. The fraction of sp³-hybridized carbons (Fsp3) is 0.300. The second-order valence-electron chi connectivity index (χ2n) is 3.82. The highest BCUT2D eigenvalue weighted by atomic mass is 32.2. The van der Waals surface area contributed by atoms with Crippen molar-refractivity contribution in [3.8, 4) is 0 Å². The van der Waals surface area contributed by atoms with Crippen molar-refractivity contribution in [2.24, 2.45) is 0 Å². The third-order valence-electron chi connectivity index (χ3n) is 2.43. The number of halogens is 2. The Morgan fingerprint density at radius 3 is 2.52 bits per heavy atom. The molecule has 0 aliphatic carbocycles. The van der Waals surface area contributed by atoms with E-state index in [-0.39, 0.29) is 6.54 Å². The lowest BCUT2D eigenvalue weighted by Gasteiger charge is -2.07. The first-order valence-corrected chi connectivity index (χ1v) is 7.16. The quantitative estimate of drug-likeness (QED) is 0.571. The molecule has 0 bridgehead atoms. The summed E-state index contributed by atoms with van der Waals surface area (Å²) in [6.45, 7) is -0.369. The van der Waals surface area contributed by atoms with E-state index < -0.39 is 49.5 Å². The van der Waals surface area contributed by atoms with Crippen LogP contribution in [0.25, 0.3) is 0 Å². The van der Waals surface area contributed by atoms with Crippen LogP contribution in [0.4, 0.5) is 14.5 Å². The van der Waals surface area contributed by atoms with Crippen molar-refractivity contribution < 1.29 is 26.9 Å². The molecule has 1 aromatic carbocycles. The first-order valence-electron chi connectivity index (χ1n) is 5.51. The molecule has 0 saturated carbocycles. The van der Waals surface area contributed by atoms with Gasteiger partial charge in [-0.2, -0.15) is 4.39 Å². The summed E-state index contributed by atoms with van der Waals surface area (Å²) in [6.07, 6.45) is 0. The highest BCUT2D eigenvalue weighted by Crippen LogP contribution is 2.22. The molecular formula is C10H11F2N3O5S. The summed E-state index contributed by atoms with van der Waals surface area (Å²) >= 11 is 0. The molecule has 0 atom stereocenters. The van der Waals surface area contributed by atoms with Crippen molar-refractivity contribution in [2.45, 2.75) is 0 Å². The molecule has 0 aliphatic heterocycles. The van der Waals surface area contributed by atoms with Crippen LogP contribution < -0.4 is 10.0 Å². The van der Waals surface area contributed by atoms with Gasteiger partial charge >= 0.3 is 5.69 Å². The molecule has 0 heterocycles. The Morgan fingerprint density at radius 1 is 1.38 bits per heavy atom. The van der Waals surface area contributed by atoms with Crippen LogP contribution in [0, 0.1) is 21.7 Å². The Morgan fingerprint density at radius 2 is 2.00 bits per heavy atom. The highest BCUT2D eigenvalue weighted by molar-refractivity contribution is 7.89. The lowest BCUT2D eigenvalue weighted by Crippen LogP contribution is -2.33. The van der Waals surface area contributed by atoms with E-state index in [1.165, 1.54) is 7.05 Å². The average Bonchev–Trinajstić information content (AvgIpc) is 2.40. The minimum atomic E-state index is -3.58. The maximum absolute atomic E-state index is 13.7. The van der Waals surface area contributed by atoms with Crippen LogP contribution in [0.1, 0.15) is 10.4 Å². The summed E-state index contributed by atoms with van der Waals surface area (Å²) in [5.41, 5.74) is -2.05. The molecule has 116 valence electrons. The van der Waals surface area contributed by atoms with Crippen LogP contribution in [0.3, 0.4) is 0 Å². The SMILES string of the molecule is CNS(=O)(=O)CCNC(=O)c1cc(F)cc([N+](=O)[O-])c1F. The molecule has 8 nitrogen and oxygen atoms in total. The number of nitrogens with zero attached hydrogens (tertiary/aromatic N) is 1. The van der Waals surface area contributed by atoms with Gasteiger partial charge in [0.15, 0.2) is 0 Å². The van der Waals surface area contributed by atoms with E-state index in [1.54, 1.807) is 0 Å². The number of hydrogen-bond donors (Lipinski definition) is 2. The number of nitrogens with one attached hydrogen (secondary N) is 2. The predicted molar refractivity (Wildman–Crippen MR) is 68.2 cm³/mol. The van der Waals surface area contributed by atoms with Gasteiger partial charge in [0.05, 0.1) is 22.3 Å². The van der Waals surface area contributed by atoms with Gasteiger partial charge in [-0.05, 0) is 13.1 Å². The maximum atomic E-state index is 13.7. The molecular weight excluding hydrogens is 312 g/mol. The van der Waals surface area contributed by atoms with E-state index >= 15 is 0 Å². The molecule has 1 amide bonds. The number of carbonyl (C=O) groups excluding carboxylic acids is 1. The smallest absolute Gasteiger partial charge is 0.308 e. The van der Waals surface area contributed by atoms with Crippen molar-refractivity contribution in [3.05, 3.63) is 39.4 Å². The van der Waals surface area contributed by atoms with Crippen LogP contribution in [0.5, 0.6) is 0 Å². The second kappa shape index (κ2) is 6.54. The summed E-state index contributed by atoms with van der Waals surface area (Å²) in [5, 5.41) is 12.5. The van der Waals surface area contributed by atoms with E-state index in [9.17, 15) is 32.1 Å². The number of nitro groups is 1. The number of sulfonamides is 1. The van der Waals surface area contributed by atoms with Gasteiger partial charge in [0.2, 0.25) is 15.8 Å². The molecule has 11 heteroatoms. The van der Waals surface area contributed by atoms with Crippen LogP contribution in [-0.2, 0) is 10.0 Å². The van der Waals surface area contributed by atoms with Gasteiger partial charge in [-0.3, -0.25) is 14.9 Å². The lowest BCUT2D eigenvalue weighted by atomic mass is 10.1. The number of amides is 1. The summed E-state index contributed by atoms with van der Waals surface area (Å²) < 4.78 is 51.0. The lowest BCUT2D eigenvalue weighted by molar-refractivity contribution is -0.387. The largest absolute Gasteiger partial charge is 0.351 e. The molecule has 1 aromatic rings. The van der Waals surface area contributed by atoms with Crippen molar-refractivity contribution in [1.82, 2.24) is 10.0 Å². The number of rotatable bonds is 6. The third kappa shape index (κ3) is 4.43. The van der Waals surface area contributed by atoms with Gasteiger partial charge in [-0.1, -0.05) is 0 Å². The van der Waals surface area contributed by atoms with Crippen LogP contribution >= 0.6 is 0 Å². The monoisotopic (exact) mass is 323 g/mol. The standard InChI is InChI=1S/C10H11F2N3O5S/c1-13-21(19,20)3-2-14-10(16)7-4-6(11)5-8(9(7)12)15(17)18/h4-5,13H,2-3H2,1H3,(H,14,16). The molecule has 0 spiro atoms. The fourth-order valence-electron chi connectivity index (χ4n) is 1.37. The summed E-state index contributed by atoms with van der Waals surface area (Å²) in [6, 6.07) is 0.835. The summed E-state index contributed by atoms with van der Waals surface area (Å²) in [5.74, 6) is -4.28. The molecule has 0 aliphatic rings.